The maximum Gasteiger partial charge on any atom is 0.416 e. The first-order valence-electron chi connectivity index (χ1n) is 9.72. The quantitative estimate of drug-likeness (QED) is 0.348. The number of ether oxygens (including phenoxy) is 1. The second-order valence-electron chi connectivity index (χ2n) is 6.93. The van der Waals surface area contributed by atoms with Crippen molar-refractivity contribution in [1.29, 1.82) is 0 Å². The Morgan fingerprint density at radius 1 is 1.18 bits per heavy atom. The lowest BCUT2D eigenvalue weighted by molar-refractivity contribution is -0.384. The molecule has 33 heavy (non-hydrogen) atoms. The molecule has 2 aromatic carbocycles. The zero-order valence-electron chi connectivity index (χ0n) is 17.4. The number of rotatable bonds is 9. The molecule has 9 nitrogen and oxygen atoms in total. The molecule has 0 aliphatic heterocycles. The smallest absolute Gasteiger partial charge is 0.383 e. The predicted octanol–water partition coefficient (Wildman–Crippen LogP) is 3.99. The van der Waals surface area contributed by atoms with E-state index in [0.29, 0.717) is 0 Å². The number of alkyl halides is 3. The second-order valence-corrected chi connectivity index (χ2v) is 6.93. The molecule has 12 heteroatoms. The van der Waals surface area contributed by atoms with Gasteiger partial charge in [-0.05, 0) is 18.2 Å². The second kappa shape index (κ2) is 10.2. The van der Waals surface area contributed by atoms with Crippen molar-refractivity contribution in [3.8, 4) is 11.4 Å². The summed E-state index contributed by atoms with van der Waals surface area (Å²) in [6.07, 6.45) is -4.38. The standard InChI is InChI=1S/C21H19F3N4O5/c1-32-11-10-27(20(29)15-5-3-7-17(13-15)28(30)31)9-8-18-25-19(26-33-18)14-4-2-6-16(12-14)21(22,23)24/h2-7,12-13H,8-11H2,1H3. The van der Waals surface area contributed by atoms with Crippen molar-refractivity contribution in [3.63, 3.8) is 0 Å². The van der Waals surface area contributed by atoms with Gasteiger partial charge in [0.25, 0.3) is 11.6 Å². The molecule has 3 aromatic rings. The summed E-state index contributed by atoms with van der Waals surface area (Å²) < 4.78 is 49.0. The summed E-state index contributed by atoms with van der Waals surface area (Å²) in [7, 11) is 1.47. The van der Waals surface area contributed by atoms with Crippen LogP contribution in [-0.2, 0) is 17.3 Å². The maximum atomic E-state index is 12.9. The Bertz CT molecular complexity index is 1130. The Morgan fingerprint density at radius 3 is 2.64 bits per heavy atom. The van der Waals surface area contributed by atoms with Crippen LogP contribution in [0.4, 0.5) is 18.9 Å². The Labute approximate surface area is 185 Å². The molecule has 1 aromatic heterocycles. The van der Waals surface area contributed by atoms with Crippen LogP contribution in [0.3, 0.4) is 0 Å². The van der Waals surface area contributed by atoms with Crippen molar-refractivity contribution in [2.24, 2.45) is 0 Å². The molecule has 0 atom stereocenters. The van der Waals surface area contributed by atoms with E-state index >= 15 is 0 Å². The predicted molar refractivity (Wildman–Crippen MR) is 109 cm³/mol. The van der Waals surface area contributed by atoms with Gasteiger partial charge in [0.05, 0.1) is 17.1 Å². The van der Waals surface area contributed by atoms with E-state index in [1.54, 1.807) is 0 Å². The Kier molecular flexibility index (Phi) is 7.38. The molecule has 174 valence electrons. The van der Waals surface area contributed by atoms with Crippen LogP contribution in [0.5, 0.6) is 0 Å². The average Bonchev–Trinajstić information content (AvgIpc) is 3.27. The van der Waals surface area contributed by atoms with E-state index in [0.717, 1.165) is 12.1 Å². The van der Waals surface area contributed by atoms with Crippen LogP contribution < -0.4 is 0 Å². The highest BCUT2D eigenvalue weighted by molar-refractivity contribution is 5.94. The zero-order chi connectivity index (χ0) is 24.0. The SMILES string of the molecule is COCCN(CCc1nc(-c2cccc(C(F)(F)F)c2)no1)C(=O)c1cccc([N+](=O)[O-])c1. The minimum absolute atomic E-state index is 0.00967. The summed E-state index contributed by atoms with van der Waals surface area (Å²) in [5.74, 6) is -0.338. The van der Waals surface area contributed by atoms with Gasteiger partial charge >= 0.3 is 6.18 Å². The van der Waals surface area contributed by atoms with Crippen molar-refractivity contribution >= 4 is 11.6 Å². The topological polar surface area (TPSA) is 112 Å². The van der Waals surface area contributed by atoms with Crippen LogP contribution in [-0.4, -0.2) is 52.7 Å². The Balaban J connectivity index is 1.73. The Hall–Kier alpha value is -3.80. The van der Waals surface area contributed by atoms with Gasteiger partial charge in [0.1, 0.15) is 0 Å². The number of nitrogens with zero attached hydrogens (tertiary/aromatic N) is 4. The number of carbonyl (C=O) groups is 1. The van der Waals surface area contributed by atoms with Gasteiger partial charge in [-0.2, -0.15) is 18.2 Å². The van der Waals surface area contributed by atoms with E-state index in [1.165, 1.54) is 48.4 Å². The van der Waals surface area contributed by atoms with Crippen LogP contribution in [0, 0.1) is 10.1 Å². The van der Waals surface area contributed by atoms with Crippen molar-refractivity contribution in [2.75, 3.05) is 26.8 Å². The van der Waals surface area contributed by atoms with Crippen LogP contribution in [0.1, 0.15) is 21.8 Å². The van der Waals surface area contributed by atoms with E-state index in [-0.39, 0.29) is 54.6 Å². The van der Waals surface area contributed by atoms with Crippen LogP contribution in [0.25, 0.3) is 11.4 Å². The minimum Gasteiger partial charge on any atom is -0.383 e. The number of nitro groups is 1. The highest BCUT2D eigenvalue weighted by atomic mass is 19.4. The number of carbonyl (C=O) groups excluding carboxylic acids is 1. The van der Waals surface area contributed by atoms with Gasteiger partial charge in [0, 0.05) is 49.9 Å². The molecular weight excluding hydrogens is 445 g/mol. The molecule has 0 saturated carbocycles. The van der Waals surface area contributed by atoms with Gasteiger partial charge in [-0.3, -0.25) is 14.9 Å². The molecule has 0 bridgehead atoms. The number of hydrogen-bond acceptors (Lipinski definition) is 7. The fourth-order valence-corrected chi connectivity index (χ4v) is 2.99. The van der Waals surface area contributed by atoms with E-state index in [1.807, 2.05) is 0 Å². The summed E-state index contributed by atoms with van der Waals surface area (Å²) in [5, 5.41) is 14.7. The number of aromatic nitrogens is 2. The number of nitro benzene ring substituents is 1. The van der Waals surface area contributed by atoms with Gasteiger partial charge in [0.15, 0.2) is 0 Å². The van der Waals surface area contributed by atoms with Gasteiger partial charge in [0.2, 0.25) is 11.7 Å². The van der Waals surface area contributed by atoms with Crippen molar-refractivity contribution in [1.82, 2.24) is 15.0 Å². The van der Waals surface area contributed by atoms with E-state index < -0.39 is 22.6 Å². The number of methoxy groups -OCH3 is 1. The summed E-state index contributed by atoms with van der Waals surface area (Å²) in [6, 6.07) is 9.89. The van der Waals surface area contributed by atoms with Crippen molar-refractivity contribution in [3.05, 3.63) is 75.7 Å². The average molecular weight is 464 g/mol. The highest BCUT2D eigenvalue weighted by Crippen LogP contribution is 2.31. The Morgan fingerprint density at radius 2 is 1.94 bits per heavy atom. The molecular formula is C21H19F3N4O5. The molecule has 0 N–H and O–H groups in total. The summed E-state index contributed by atoms with van der Waals surface area (Å²) >= 11 is 0. The lowest BCUT2D eigenvalue weighted by Gasteiger charge is -2.21. The summed E-state index contributed by atoms with van der Waals surface area (Å²) in [5.41, 5.74) is -0.769. The zero-order valence-corrected chi connectivity index (χ0v) is 17.4. The van der Waals surface area contributed by atoms with Crippen molar-refractivity contribution < 1.29 is 32.1 Å². The molecule has 0 unspecified atom stereocenters. The lowest BCUT2D eigenvalue weighted by atomic mass is 10.1. The molecule has 0 radical (unpaired) electrons. The molecule has 0 spiro atoms. The molecule has 0 aliphatic rings. The minimum atomic E-state index is -4.50. The fourth-order valence-electron chi connectivity index (χ4n) is 2.99. The largest absolute Gasteiger partial charge is 0.416 e. The summed E-state index contributed by atoms with van der Waals surface area (Å²) in [4.78, 5) is 28.8. The number of benzene rings is 2. The first kappa shape index (κ1) is 23.9. The number of halogens is 3. The first-order chi connectivity index (χ1) is 15.7. The molecule has 0 aliphatic carbocycles. The normalized spacial score (nSPS) is 11.4. The van der Waals surface area contributed by atoms with Gasteiger partial charge in [-0.25, -0.2) is 0 Å². The molecule has 0 saturated heterocycles. The molecule has 1 heterocycles. The van der Waals surface area contributed by atoms with E-state index in [2.05, 4.69) is 10.1 Å². The van der Waals surface area contributed by atoms with E-state index in [4.69, 9.17) is 9.26 Å². The third-order valence-electron chi connectivity index (χ3n) is 4.67. The first-order valence-corrected chi connectivity index (χ1v) is 9.72. The third kappa shape index (κ3) is 6.13. The van der Waals surface area contributed by atoms with Gasteiger partial charge in [-0.15, -0.1) is 0 Å². The molecule has 1 amide bonds. The monoisotopic (exact) mass is 464 g/mol. The van der Waals surface area contributed by atoms with Crippen LogP contribution in [0.2, 0.25) is 0 Å². The van der Waals surface area contributed by atoms with Crippen molar-refractivity contribution in [2.45, 2.75) is 12.6 Å². The maximum absolute atomic E-state index is 12.9. The highest BCUT2D eigenvalue weighted by Gasteiger charge is 2.30. The lowest BCUT2D eigenvalue weighted by Crippen LogP contribution is -2.35. The molecule has 3 rings (SSSR count). The number of hydrogen-bond donors (Lipinski definition) is 0. The van der Waals surface area contributed by atoms with Gasteiger partial charge in [-0.1, -0.05) is 23.4 Å². The van der Waals surface area contributed by atoms with Crippen LogP contribution in [0.15, 0.2) is 53.1 Å². The van der Waals surface area contributed by atoms with E-state index in [9.17, 15) is 28.1 Å². The number of amides is 1. The number of non-ortho nitro benzene ring substituents is 1. The van der Waals surface area contributed by atoms with Gasteiger partial charge < -0.3 is 14.2 Å². The fraction of sp³-hybridized carbons (Fsp3) is 0.286. The molecule has 0 fully saturated rings. The third-order valence-corrected chi connectivity index (χ3v) is 4.67. The summed E-state index contributed by atoms with van der Waals surface area (Å²) in [6.45, 7) is 0.543. The van der Waals surface area contributed by atoms with Crippen LogP contribution >= 0.6 is 0 Å².